The molecule has 1 aromatic carbocycles. The Bertz CT molecular complexity index is 1220. The molecule has 1 aliphatic heterocycles. The number of benzene rings is 1. The number of anilines is 1. The highest BCUT2D eigenvalue weighted by Gasteiger charge is 2.39. The number of fused-ring (bicyclic) bond motifs is 1. The summed E-state index contributed by atoms with van der Waals surface area (Å²) in [5.74, 6) is -5.29. The Morgan fingerprint density at radius 1 is 1.29 bits per heavy atom. The number of aromatic nitrogens is 2. The Morgan fingerprint density at radius 3 is 2.59 bits per heavy atom. The molecule has 0 aliphatic carbocycles. The first-order valence-corrected chi connectivity index (χ1v) is 9.94. The van der Waals surface area contributed by atoms with Gasteiger partial charge in [-0.15, -0.1) is 0 Å². The van der Waals surface area contributed by atoms with E-state index in [0.29, 0.717) is 0 Å². The summed E-state index contributed by atoms with van der Waals surface area (Å²) in [4.78, 5) is 10.3. The van der Waals surface area contributed by atoms with Crippen molar-refractivity contribution in [1.82, 2.24) is 9.97 Å². The first kappa shape index (κ1) is 23.7. The smallest absolute Gasteiger partial charge is 0.395 e. The molecule has 1 aliphatic rings. The van der Waals surface area contributed by atoms with E-state index in [1.54, 1.807) is 0 Å². The number of ether oxygens (including phenoxy) is 2. The van der Waals surface area contributed by atoms with Crippen molar-refractivity contribution in [2.75, 3.05) is 25.1 Å². The Morgan fingerprint density at radius 2 is 2.00 bits per heavy atom. The average Bonchev–Trinajstić information content (AvgIpc) is 3.21. The fourth-order valence-electron chi connectivity index (χ4n) is 3.29. The molecule has 0 saturated heterocycles. The third-order valence-corrected chi connectivity index (χ3v) is 5.24. The van der Waals surface area contributed by atoms with Crippen molar-refractivity contribution >= 4 is 22.7 Å². The van der Waals surface area contributed by atoms with E-state index in [-0.39, 0.29) is 34.1 Å². The van der Waals surface area contributed by atoms with Crippen molar-refractivity contribution in [2.24, 2.45) is 4.99 Å². The monoisotopic (exact) mass is 488 g/mol. The Kier molecular flexibility index (Phi) is 6.06. The highest BCUT2D eigenvalue weighted by molar-refractivity contribution is 5.90. The summed E-state index contributed by atoms with van der Waals surface area (Å²) < 4.78 is 93.6. The minimum absolute atomic E-state index is 0.0574. The molecular formula is C21H18F6N4O3. The molecule has 2 atom stereocenters. The predicted molar refractivity (Wildman–Crippen MR) is 110 cm³/mol. The van der Waals surface area contributed by atoms with Gasteiger partial charge < -0.3 is 24.9 Å². The summed E-state index contributed by atoms with van der Waals surface area (Å²) in [6, 6.07) is 2.69. The van der Waals surface area contributed by atoms with Gasteiger partial charge in [-0.3, -0.25) is 0 Å². The number of pyridine rings is 1. The molecule has 182 valence electrons. The molecule has 0 spiro atoms. The number of aliphatic imine (C=N–C) groups is 1. The molecule has 3 heterocycles. The zero-order valence-corrected chi connectivity index (χ0v) is 17.5. The van der Waals surface area contributed by atoms with Crippen LogP contribution in [0.1, 0.15) is 18.4 Å². The lowest BCUT2D eigenvalue weighted by Gasteiger charge is -2.26. The first-order chi connectivity index (χ1) is 16.0. The number of amidine groups is 1. The van der Waals surface area contributed by atoms with Gasteiger partial charge in [0.15, 0.2) is 23.1 Å². The molecule has 0 amide bonds. The standard InChI is InChI=1S/C21H18F6N4O3/c1-10(21(25,26)27)12-6-29-18-16(12)15(2-3-28-18)34-17-13(22)4-11(5-14(17)23)31-19-30-7-20(24,8-32)9-33-19/h2-6,10,32H,7-9H2,1H3,(H,28,29)(H,30,31). The van der Waals surface area contributed by atoms with Gasteiger partial charge in [0.1, 0.15) is 18.0 Å². The number of hydrogen-bond donors (Lipinski definition) is 3. The van der Waals surface area contributed by atoms with Crippen LogP contribution in [0.15, 0.2) is 35.6 Å². The van der Waals surface area contributed by atoms with Gasteiger partial charge in [0.25, 0.3) is 6.02 Å². The Hall–Kier alpha value is -3.48. The van der Waals surface area contributed by atoms with E-state index >= 15 is 0 Å². The number of aliphatic hydroxyl groups is 1. The number of nitrogens with one attached hydrogen (secondary N) is 2. The normalized spacial score (nSPS) is 19.5. The van der Waals surface area contributed by atoms with Gasteiger partial charge in [-0.25, -0.2) is 23.1 Å². The molecule has 2 aromatic heterocycles. The molecule has 3 aromatic rings. The lowest BCUT2D eigenvalue weighted by Crippen LogP contribution is -2.43. The summed E-state index contributed by atoms with van der Waals surface area (Å²) in [6.45, 7) is -0.767. The lowest BCUT2D eigenvalue weighted by molar-refractivity contribution is -0.146. The number of hydrogen-bond acceptors (Lipinski definition) is 6. The highest BCUT2D eigenvalue weighted by Crippen LogP contribution is 2.42. The highest BCUT2D eigenvalue weighted by atomic mass is 19.4. The number of H-pyrrole nitrogens is 1. The van der Waals surface area contributed by atoms with Crippen molar-refractivity contribution in [3.63, 3.8) is 0 Å². The maximum atomic E-state index is 14.7. The fourth-order valence-corrected chi connectivity index (χ4v) is 3.29. The molecule has 0 radical (unpaired) electrons. The maximum absolute atomic E-state index is 14.7. The van der Waals surface area contributed by atoms with Crippen LogP contribution in [0.5, 0.6) is 11.5 Å². The number of rotatable bonds is 5. The molecule has 0 bridgehead atoms. The topological polar surface area (TPSA) is 91.8 Å². The van der Waals surface area contributed by atoms with Crippen molar-refractivity contribution in [2.45, 2.75) is 24.7 Å². The van der Waals surface area contributed by atoms with Crippen molar-refractivity contribution in [3.05, 3.63) is 47.8 Å². The molecule has 34 heavy (non-hydrogen) atoms. The summed E-state index contributed by atoms with van der Waals surface area (Å²) in [5.41, 5.74) is -2.31. The van der Waals surface area contributed by atoms with Gasteiger partial charge in [0.2, 0.25) is 0 Å². The second kappa shape index (κ2) is 8.70. The largest absolute Gasteiger partial charge is 0.461 e. The fraction of sp³-hybridized carbons (Fsp3) is 0.333. The van der Waals surface area contributed by atoms with Crippen molar-refractivity contribution < 1.29 is 40.9 Å². The van der Waals surface area contributed by atoms with Crippen LogP contribution in [0.3, 0.4) is 0 Å². The molecule has 2 unspecified atom stereocenters. The van der Waals surface area contributed by atoms with Gasteiger partial charge in [-0.1, -0.05) is 0 Å². The molecule has 0 saturated carbocycles. The number of halogens is 6. The number of aromatic amines is 1. The summed E-state index contributed by atoms with van der Waals surface area (Å²) in [7, 11) is 0. The average molecular weight is 488 g/mol. The second-order valence-corrected chi connectivity index (χ2v) is 7.76. The van der Waals surface area contributed by atoms with Crippen LogP contribution < -0.4 is 10.1 Å². The zero-order chi connectivity index (χ0) is 24.7. The van der Waals surface area contributed by atoms with Crippen molar-refractivity contribution in [1.29, 1.82) is 0 Å². The Labute approximate surface area is 188 Å². The van der Waals surface area contributed by atoms with Gasteiger partial charge in [0, 0.05) is 30.2 Å². The number of nitrogens with zero attached hydrogens (tertiary/aromatic N) is 2. The van der Waals surface area contributed by atoms with Gasteiger partial charge in [0.05, 0.1) is 24.5 Å². The van der Waals surface area contributed by atoms with Gasteiger partial charge in [-0.05, 0) is 18.6 Å². The number of aliphatic hydroxyl groups excluding tert-OH is 1. The van der Waals surface area contributed by atoms with E-state index in [4.69, 9.17) is 14.6 Å². The van der Waals surface area contributed by atoms with E-state index in [9.17, 15) is 26.3 Å². The third-order valence-electron chi connectivity index (χ3n) is 5.24. The molecule has 0 fully saturated rings. The summed E-state index contributed by atoms with van der Waals surface area (Å²) >= 11 is 0. The van der Waals surface area contributed by atoms with E-state index in [0.717, 1.165) is 25.3 Å². The minimum atomic E-state index is -4.56. The summed E-state index contributed by atoms with van der Waals surface area (Å²) in [6.07, 6.45) is -2.22. The molecule has 3 N–H and O–H groups in total. The lowest BCUT2D eigenvalue weighted by atomic mass is 10.0. The maximum Gasteiger partial charge on any atom is 0.395 e. The minimum Gasteiger partial charge on any atom is -0.461 e. The van der Waals surface area contributed by atoms with E-state index in [1.807, 2.05) is 0 Å². The second-order valence-electron chi connectivity index (χ2n) is 7.76. The first-order valence-electron chi connectivity index (χ1n) is 9.94. The molecular weight excluding hydrogens is 470 g/mol. The van der Waals surface area contributed by atoms with Crippen LogP contribution in [-0.2, 0) is 4.74 Å². The van der Waals surface area contributed by atoms with Crippen molar-refractivity contribution in [3.8, 4) is 11.5 Å². The number of alkyl halides is 4. The van der Waals surface area contributed by atoms with E-state index in [1.165, 1.54) is 12.3 Å². The van der Waals surface area contributed by atoms with Crippen LogP contribution in [-0.4, -0.2) is 52.7 Å². The zero-order valence-electron chi connectivity index (χ0n) is 17.5. The molecule has 13 heteroatoms. The Balaban J connectivity index is 1.62. The predicted octanol–water partition coefficient (Wildman–Crippen LogP) is 4.80. The summed E-state index contributed by atoms with van der Waals surface area (Å²) in [5, 5.41) is 11.4. The molecule has 7 nitrogen and oxygen atoms in total. The van der Waals surface area contributed by atoms with Crippen LogP contribution in [0.2, 0.25) is 0 Å². The van der Waals surface area contributed by atoms with Crippen LogP contribution in [0.25, 0.3) is 11.0 Å². The van der Waals surface area contributed by atoms with E-state index in [2.05, 4.69) is 20.3 Å². The molecule has 4 rings (SSSR count). The van der Waals surface area contributed by atoms with Gasteiger partial charge >= 0.3 is 6.18 Å². The SMILES string of the molecule is CC(c1c[nH]c2nccc(Oc3c(F)cc(NC4=NCC(F)(CO)CO4)cc3F)c12)C(F)(F)F. The quantitative estimate of drug-likeness (QED) is 0.449. The van der Waals surface area contributed by atoms with Crippen LogP contribution in [0.4, 0.5) is 32.0 Å². The van der Waals surface area contributed by atoms with Gasteiger partial charge in [-0.2, -0.15) is 13.2 Å². The van der Waals surface area contributed by atoms with Crippen LogP contribution >= 0.6 is 0 Å². The van der Waals surface area contributed by atoms with Crippen LogP contribution in [0, 0.1) is 11.6 Å². The third kappa shape index (κ3) is 4.60. The van der Waals surface area contributed by atoms with E-state index < -0.39 is 54.9 Å².